The zero-order chi connectivity index (χ0) is 13.3. The second-order valence-electron chi connectivity index (χ2n) is 3.56. The third-order valence-corrected chi connectivity index (χ3v) is 2.76. The van der Waals surface area contributed by atoms with Crippen LogP contribution in [0, 0.1) is 17.5 Å². The van der Waals surface area contributed by atoms with E-state index in [0.29, 0.717) is 0 Å². The molecule has 0 heterocycles. The van der Waals surface area contributed by atoms with Gasteiger partial charge in [-0.1, -0.05) is 17.7 Å². The number of hydrogen-bond acceptors (Lipinski definition) is 1. The Kier molecular flexibility index (Phi) is 3.39. The lowest BCUT2D eigenvalue weighted by Crippen LogP contribution is -2.04. The predicted octanol–water partition coefficient (Wildman–Crippen LogP) is 3.99. The van der Waals surface area contributed by atoms with Crippen molar-refractivity contribution in [3.63, 3.8) is 0 Å². The van der Waals surface area contributed by atoms with Crippen LogP contribution in [0.4, 0.5) is 13.2 Å². The van der Waals surface area contributed by atoms with Gasteiger partial charge in [-0.3, -0.25) is 4.79 Å². The highest BCUT2D eigenvalue weighted by atomic mass is 35.5. The minimum Gasteiger partial charge on any atom is -0.289 e. The van der Waals surface area contributed by atoms with Crippen molar-refractivity contribution in [3.8, 4) is 0 Å². The molecule has 0 atom stereocenters. The normalized spacial score (nSPS) is 10.4. The van der Waals surface area contributed by atoms with Gasteiger partial charge in [0.1, 0.15) is 5.82 Å². The van der Waals surface area contributed by atoms with Crippen molar-refractivity contribution in [1.82, 2.24) is 0 Å². The standard InChI is InChI=1S/C13H6ClF3O/c14-12-8(2-1-3-10(12)16)13(18)7-4-5-9(15)11(17)6-7/h1-6H. The number of halogens is 4. The van der Waals surface area contributed by atoms with E-state index in [9.17, 15) is 18.0 Å². The largest absolute Gasteiger partial charge is 0.289 e. The van der Waals surface area contributed by atoms with Crippen LogP contribution in [0.5, 0.6) is 0 Å². The molecule has 0 bridgehead atoms. The Balaban J connectivity index is 2.48. The molecule has 2 aromatic rings. The first-order valence-corrected chi connectivity index (χ1v) is 5.32. The van der Waals surface area contributed by atoms with Crippen molar-refractivity contribution in [2.24, 2.45) is 0 Å². The Labute approximate surface area is 106 Å². The highest BCUT2D eigenvalue weighted by Gasteiger charge is 2.16. The maximum Gasteiger partial charge on any atom is 0.194 e. The first kappa shape index (κ1) is 12.6. The highest BCUT2D eigenvalue weighted by molar-refractivity contribution is 6.35. The fraction of sp³-hybridized carbons (Fsp3) is 0. The topological polar surface area (TPSA) is 17.1 Å². The van der Waals surface area contributed by atoms with Crippen LogP contribution in [0.1, 0.15) is 15.9 Å². The van der Waals surface area contributed by atoms with Crippen molar-refractivity contribution < 1.29 is 18.0 Å². The Morgan fingerprint density at radius 1 is 0.944 bits per heavy atom. The minimum atomic E-state index is -1.15. The van der Waals surface area contributed by atoms with E-state index in [0.717, 1.165) is 24.3 Å². The van der Waals surface area contributed by atoms with E-state index in [4.69, 9.17) is 11.6 Å². The zero-order valence-corrected chi connectivity index (χ0v) is 9.64. The average molecular weight is 271 g/mol. The summed E-state index contributed by atoms with van der Waals surface area (Å²) in [5.41, 5.74) is -0.191. The lowest BCUT2D eigenvalue weighted by molar-refractivity contribution is 0.103. The van der Waals surface area contributed by atoms with E-state index in [-0.39, 0.29) is 16.1 Å². The Hall–Kier alpha value is -1.81. The van der Waals surface area contributed by atoms with E-state index in [1.54, 1.807) is 0 Å². The Morgan fingerprint density at radius 3 is 2.33 bits per heavy atom. The van der Waals surface area contributed by atoms with Crippen LogP contribution in [-0.4, -0.2) is 5.78 Å². The lowest BCUT2D eigenvalue weighted by Gasteiger charge is -2.04. The number of ketones is 1. The summed E-state index contributed by atoms with van der Waals surface area (Å²) in [4.78, 5) is 11.9. The highest BCUT2D eigenvalue weighted by Crippen LogP contribution is 2.23. The van der Waals surface area contributed by atoms with Crippen LogP contribution in [0.15, 0.2) is 36.4 Å². The summed E-state index contributed by atoms with van der Waals surface area (Å²) in [6, 6.07) is 6.42. The van der Waals surface area contributed by atoms with Gasteiger partial charge in [-0.15, -0.1) is 0 Å². The van der Waals surface area contributed by atoms with Gasteiger partial charge >= 0.3 is 0 Å². The van der Waals surface area contributed by atoms with Gasteiger partial charge in [0.2, 0.25) is 0 Å². The third-order valence-electron chi connectivity index (χ3n) is 2.38. The molecule has 0 aliphatic heterocycles. The first-order valence-electron chi connectivity index (χ1n) is 4.94. The molecule has 0 spiro atoms. The molecule has 0 N–H and O–H groups in total. The number of carbonyl (C=O) groups is 1. The smallest absolute Gasteiger partial charge is 0.194 e. The summed E-state index contributed by atoms with van der Waals surface area (Å²) in [6.45, 7) is 0. The zero-order valence-electron chi connectivity index (χ0n) is 8.88. The molecule has 5 heteroatoms. The molecule has 0 radical (unpaired) electrons. The monoisotopic (exact) mass is 270 g/mol. The quantitative estimate of drug-likeness (QED) is 0.754. The summed E-state index contributed by atoms with van der Waals surface area (Å²) in [5.74, 6) is -3.62. The third kappa shape index (κ3) is 2.24. The van der Waals surface area contributed by atoms with E-state index in [1.165, 1.54) is 12.1 Å². The second-order valence-corrected chi connectivity index (χ2v) is 3.94. The molecular formula is C13H6ClF3O. The van der Waals surface area contributed by atoms with Gasteiger partial charge < -0.3 is 0 Å². The maximum atomic E-state index is 13.2. The molecular weight excluding hydrogens is 265 g/mol. The Morgan fingerprint density at radius 2 is 1.67 bits per heavy atom. The van der Waals surface area contributed by atoms with Crippen LogP contribution in [0.2, 0.25) is 5.02 Å². The fourth-order valence-electron chi connectivity index (χ4n) is 1.47. The number of rotatable bonds is 2. The van der Waals surface area contributed by atoms with Gasteiger partial charge in [0.25, 0.3) is 0 Å². The van der Waals surface area contributed by atoms with Crippen LogP contribution in [-0.2, 0) is 0 Å². The van der Waals surface area contributed by atoms with Gasteiger partial charge in [0, 0.05) is 11.1 Å². The van der Waals surface area contributed by atoms with Crippen LogP contribution < -0.4 is 0 Å². The fourth-order valence-corrected chi connectivity index (χ4v) is 1.68. The van der Waals surface area contributed by atoms with Crippen LogP contribution >= 0.6 is 11.6 Å². The molecule has 0 saturated heterocycles. The van der Waals surface area contributed by atoms with Gasteiger partial charge in [-0.05, 0) is 30.3 Å². The average Bonchev–Trinajstić information content (AvgIpc) is 2.35. The summed E-state index contributed by atoms with van der Waals surface area (Å²) >= 11 is 5.65. The van der Waals surface area contributed by atoms with E-state index in [1.807, 2.05) is 0 Å². The van der Waals surface area contributed by atoms with Crippen molar-refractivity contribution in [2.45, 2.75) is 0 Å². The summed E-state index contributed by atoms with van der Waals surface area (Å²) in [6.07, 6.45) is 0. The van der Waals surface area contributed by atoms with Gasteiger partial charge in [-0.2, -0.15) is 0 Å². The number of benzene rings is 2. The first-order chi connectivity index (χ1) is 8.50. The molecule has 0 aliphatic carbocycles. The van der Waals surface area contributed by atoms with Crippen LogP contribution in [0.25, 0.3) is 0 Å². The SMILES string of the molecule is O=C(c1ccc(F)c(F)c1)c1cccc(F)c1Cl. The van der Waals surface area contributed by atoms with Crippen molar-refractivity contribution >= 4 is 17.4 Å². The molecule has 92 valence electrons. The Bertz CT molecular complexity index is 626. The summed E-state index contributed by atoms with van der Waals surface area (Å²) in [5, 5.41) is -0.341. The van der Waals surface area contributed by atoms with E-state index >= 15 is 0 Å². The van der Waals surface area contributed by atoms with Crippen molar-refractivity contribution in [2.75, 3.05) is 0 Å². The molecule has 0 unspecified atom stereocenters. The van der Waals surface area contributed by atoms with Gasteiger partial charge in [0.05, 0.1) is 5.02 Å². The van der Waals surface area contributed by atoms with Crippen molar-refractivity contribution in [1.29, 1.82) is 0 Å². The molecule has 2 rings (SSSR count). The molecule has 0 fully saturated rings. The number of carbonyl (C=O) groups excluding carboxylic acids is 1. The molecule has 18 heavy (non-hydrogen) atoms. The van der Waals surface area contributed by atoms with Crippen LogP contribution in [0.3, 0.4) is 0 Å². The van der Waals surface area contributed by atoms with Crippen molar-refractivity contribution in [3.05, 3.63) is 70.0 Å². The number of hydrogen-bond donors (Lipinski definition) is 0. The van der Waals surface area contributed by atoms with E-state index in [2.05, 4.69) is 0 Å². The minimum absolute atomic E-state index is 0.0947. The van der Waals surface area contributed by atoms with Gasteiger partial charge in [-0.25, -0.2) is 13.2 Å². The maximum absolute atomic E-state index is 13.2. The predicted molar refractivity (Wildman–Crippen MR) is 61.2 cm³/mol. The molecule has 1 nitrogen and oxygen atoms in total. The molecule has 0 aromatic heterocycles. The molecule has 0 aliphatic rings. The molecule has 0 saturated carbocycles. The van der Waals surface area contributed by atoms with E-state index < -0.39 is 23.2 Å². The molecule has 2 aromatic carbocycles. The summed E-state index contributed by atoms with van der Waals surface area (Å²) in [7, 11) is 0. The molecule has 0 amide bonds. The lowest BCUT2D eigenvalue weighted by atomic mass is 10.0. The second kappa shape index (κ2) is 4.82. The summed E-state index contributed by atoms with van der Waals surface area (Å²) < 4.78 is 38.9. The van der Waals surface area contributed by atoms with Gasteiger partial charge in [0.15, 0.2) is 17.4 Å².